The van der Waals surface area contributed by atoms with Crippen LogP contribution in [0.1, 0.15) is 23.9 Å². The summed E-state index contributed by atoms with van der Waals surface area (Å²) in [5, 5.41) is 0. The maximum Gasteiger partial charge on any atom is 0.123 e. The zero-order chi connectivity index (χ0) is 21.2. The Kier molecular flexibility index (Phi) is 5.22. The molecule has 5 rings (SSSR count). The van der Waals surface area contributed by atoms with E-state index in [0.717, 1.165) is 52.4 Å². The summed E-state index contributed by atoms with van der Waals surface area (Å²) in [6.07, 6.45) is 5.42. The lowest BCUT2D eigenvalue weighted by atomic mass is 10.0. The number of hydrogen-bond acceptors (Lipinski definition) is 4. The molecule has 0 saturated carbocycles. The number of hydrogen-bond donors (Lipinski definition) is 1. The van der Waals surface area contributed by atoms with Crippen molar-refractivity contribution >= 4 is 5.69 Å². The first-order chi connectivity index (χ1) is 15.2. The minimum absolute atomic E-state index is 0.181. The van der Waals surface area contributed by atoms with Gasteiger partial charge in [-0.1, -0.05) is 12.1 Å². The number of nitrogen functional groups attached to an aromatic ring is 1. The van der Waals surface area contributed by atoms with Gasteiger partial charge < -0.3 is 15.0 Å². The van der Waals surface area contributed by atoms with Gasteiger partial charge in [-0.2, -0.15) is 0 Å². The van der Waals surface area contributed by atoms with Crippen molar-refractivity contribution in [2.75, 3.05) is 12.3 Å². The number of imidazole rings is 1. The van der Waals surface area contributed by atoms with Crippen LogP contribution in [-0.2, 0) is 17.8 Å². The summed E-state index contributed by atoms with van der Waals surface area (Å²) in [4.78, 5) is 9.10. The largest absolute Gasteiger partial charge is 0.399 e. The average Bonchev–Trinajstić information content (AvgIpc) is 3.35. The van der Waals surface area contributed by atoms with Crippen molar-refractivity contribution in [1.82, 2.24) is 14.5 Å². The molecule has 1 aliphatic heterocycles. The number of fused-ring (bicyclic) bond motifs is 1. The summed E-state index contributed by atoms with van der Waals surface area (Å²) in [6.45, 7) is 1.10. The Labute approximate surface area is 180 Å². The minimum atomic E-state index is -0.256. The maximum absolute atomic E-state index is 13.5. The molecule has 4 aromatic rings. The standard InChI is InChI=1S/C25H23FN4O/c26-20-6-4-18(5-7-20)24-25(19-10-12-28-13-11-19)30-22(8-9-23(30)29-24)16-31-15-17-2-1-3-21(27)14-17/h1-7,10-14,22H,8-9,15-16,27H2. The highest BCUT2D eigenvalue weighted by atomic mass is 19.1. The van der Waals surface area contributed by atoms with E-state index >= 15 is 0 Å². The van der Waals surface area contributed by atoms with E-state index in [1.807, 2.05) is 36.4 Å². The van der Waals surface area contributed by atoms with Crippen molar-refractivity contribution in [2.24, 2.45) is 0 Å². The van der Waals surface area contributed by atoms with E-state index in [2.05, 4.69) is 9.55 Å². The van der Waals surface area contributed by atoms with E-state index in [1.54, 1.807) is 24.5 Å². The van der Waals surface area contributed by atoms with E-state index in [9.17, 15) is 4.39 Å². The van der Waals surface area contributed by atoms with Crippen LogP contribution in [0.2, 0.25) is 0 Å². The van der Waals surface area contributed by atoms with E-state index in [-0.39, 0.29) is 11.9 Å². The lowest BCUT2D eigenvalue weighted by molar-refractivity contribution is 0.0925. The average molecular weight is 414 g/mol. The predicted octanol–water partition coefficient (Wildman–Crippen LogP) is 5.04. The van der Waals surface area contributed by atoms with Gasteiger partial charge in [0.15, 0.2) is 0 Å². The van der Waals surface area contributed by atoms with Crippen LogP contribution < -0.4 is 5.73 Å². The van der Waals surface area contributed by atoms with Crippen LogP contribution >= 0.6 is 0 Å². The summed E-state index contributed by atoms with van der Waals surface area (Å²) in [7, 11) is 0. The first kappa shape index (κ1) is 19.5. The minimum Gasteiger partial charge on any atom is -0.399 e. The number of halogens is 1. The molecule has 2 N–H and O–H groups in total. The molecule has 1 unspecified atom stereocenters. The van der Waals surface area contributed by atoms with Gasteiger partial charge in [-0.3, -0.25) is 4.98 Å². The summed E-state index contributed by atoms with van der Waals surface area (Å²) >= 11 is 0. The normalized spacial score (nSPS) is 15.2. The summed E-state index contributed by atoms with van der Waals surface area (Å²) in [5.41, 5.74) is 11.5. The highest BCUT2D eigenvalue weighted by Crippen LogP contribution is 2.39. The molecule has 0 amide bonds. The highest BCUT2D eigenvalue weighted by Gasteiger charge is 2.30. The Morgan fingerprint density at radius 2 is 1.84 bits per heavy atom. The van der Waals surface area contributed by atoms with Crippen molar-refractivity contribution < 1.29 is 9.13 Å². The van der Waals surface area contributed by atoms with E-state index in [4.69, 9.17) is 15.5 Å². The number of nitrogens with two attached hydrogens (primary N) is 1. The maximum atomic E-state index is 13.5. The molecule has 2 aromatic carbocycles. The molecule has 1 atom stereocenters. The van der Waals surface area contributed by atoms with Gasteiger partial charge in [0, 0.05) is 35.6 Å². The van der Waals surface area contributed by atoms with Crippen molar-refractivity contribution in [1.29, 1.82) is 0 Å². The van der Waals surface area contributed by atoms with Crippen LogP contribution in [-0.4, -0.2) is 21.1 Å². The number of ether oxygens (including phenoxy) is 1. The van der Waals surface area contributed by atoms with Gasteiger partial charge in [0.25, 0.3) is 0 Å². The Bertz CT molecular complexity index is 1190. The van der Waals surface area contributed by atoms with Crippen LogP contribution in [0.3, 0.4) is 0 Å². The molecule has 5 nitrogen and oxygen atoms in total. The number of aromatic nitrogens is 3. The highest BCUT2D eigenvalue weighted by molar-refractivity contribution is 5.79. The fourth-order valence-electron chi connectivity index (χ4n) is 4.22. The molecule has 0 aliphatic carbocycles. The van der Waals surface area contributed by atoms with Gasteiger partial charge in [0.05, 0.1) is 30.6 Å². The smallest absolute Gasteiger partial charge is 0.123 e. The van der Waals surface area contributed by atoms with Crippen molar-refractivity contribution in [3.63, 3.8) is 0 Å². The number of aryl methyl sites for hydroxylation is 1. The second kappa shape index (κ2) is 8.32. The van der Waals surface area contributed by atoms with E-state index in [0.29, 0.717) is 13.2 Å². The number of rotatable bonds is 6. The van der Waals surface area contributed by atoms with Crippen LogP contribution in [0, 0.1) is 5.82 Å². The molecule has 0 bridgehead atoms. The summed E-state index contributed by atoms with van der Waals surface area (Å²) in [5.74, 6) is 0.775. The summed E-state index contributed by atoms with van der Waals surface area (Å²) < 4.78 is 21.9. The van der Waals surface area contributed by atoms with Crippen molar-refractivity contribution in [2.45, 2.75) is 25.5 Å². The topological polar surface area (TPSA) is 66.0 Å². The first-order valence-electron chi connectivity index (χ1n) is 10.4. The third-order valence-corrected chi connectivity index (χ3v) is 5.65. The van der Waals surface area contributed by atoms with Crippen LogP contribution in [0.25, 0.3) is 22.5 Å². The molecule has 0 saturated heterocycles. The van der Waals surface area contributed by atoms with E-state index in [1.165, 1.54) is 12.1 Å². The van der Waals surface area contributed by atoms with Gasteiger partial charge in [-0.05, 0) is 60.5 Å². The fourth-order valence-corrected chi connectivity index (χ4v) is 4.22. The fraction of sp³-hybridized carbons (Fsp3) is 0.200. The Hall–Kier alpha value is -3.51. The van der Waals surface area contributed by atoms with Crippen LogP contribution in [0.15, 0.2) is 73.1 Å². The lowest BCUT2D eigenvalue weighted by Gasteiger charge is -2.18. The SMILES string of the molecule is Nc1cccc(COCC2CCc3nc(-c4ccc(F)cc4)c(-c4ccncc4)n32)c1. The zero-order valence-corrected chi connectivity index (χ0v) is 17.0. The molecule has 156 valence electrons. The van der Waals surface area contributed by atoms with Gasteiger partial charge >= 0.3 is 0 Å². The molecule has 1 aliphatic rings. The van der Waals surface area contributed by atoms with Crippen LogP contribution in [0.5, 0.6) is 0 Å². The quantitative estimate of drug-likeness (QED) is 0.449. The van der Waals surface area contributed by atoms with Gasteiger partial charge in [-0.25, -0.2) is 9.37 Å². The Morgan fingerprint density at radius 1 is 1.03 bits per heavy atom. The van der Waals surface area contributed by atoms with Gasteiger partial charge in [-0.15, -0.1) is 0 Å². The molecule has 0 fully saturated rings. The van der Waals surface area contributed by atoms with Gasteiger partial charge in [0.2, 0.25) is 0 Å². The molecule has 3 heterocycles. The first-order valence-corrected chi connectivity index (χ1v) is 10.4. The molecule has 2 aromatic heterocycles. The predicted molar refractivity (Wildman–Crippen MR) is 119 cm³/mol. The second-order valence-electron chi connectivity index (χ2n) is 7.79. The number of pyridine rings is 1. The van der Waals surface area contributed by atoms with Crippen LogP contribution in [0.4, 0.5) is 10.1 Å². The van der Waals surface area contributed by atoms with E-state index < -0.39 is 0 Å². The number of nitrogens with zero attached hydrogens (tertiary/aromatic N) is 3. The molecule has 0 radical (unpaired) electrons. The summed E-state index contributed by atoms with van der Waals surface area (Å²) in [6, 6.07) is 18.4. The molecular weight excluding hydrogens is 391 g/mol. The van der Waals surface area contributed by atoms with Gasteiger partial charge in [0.1, 0.15) is 11.6 Å². The lowest BCUT2D eigenvalue weighted by Crippen LogP contribution is -2.13. The van der Waals surface area contributed by atoms with Crippen molar-refractivity contribution in [3.05, 3.63) is 90.3 Å². The third kappa shape index (κ3) is 3.94. The zero-order valence-electron chi connectivity index (χ0n) is 17.0. The Balaban J connectivity index is 1.47. The molecule has 0 spiro atoms. The monoisotopic (exact) mass is 414 g/mol. The Morgan fingerprint density at radius 3 is 2.61 bits per heavy atom. The second-order valence-corrected chi connectivity index (χ2v) is 7.79. The van der Waals surface area contributed by atoms with Crippen molar-refractivity contribution in [3.8, 4) is 22.5 Å². The molecule has 31 heavy (non-hydrogen) atoms. The molecular formula is C25H23FN4O. The number of anilines is 1. The third-order valence-electron chi connectivity index (χ3n) is 5.65. The number of benzene rings is 2. The molecule has 6 heteroatoms.